The van der Waals surface area contributed by atoms with E-state index < -0.39 is 23.6 Å². The molecule has 1 atom stereocenters. The summed E-state index contributed by atoms with van der Waals surface area (Å²) in [6.07, 6.45) is 7.39. The van der Waals surface area contributed by atoms with Crippen molar-refractivity contribution in [1.29, 1.82) is 0 Å². The van der Waals surface area contributed by atoms with Crippen LogP contribution < -0.4 is 15.4 Å². The zero-order valence-corrected chi connectivity index (χ0v) is 23.3. The number of hydrogen-bond donors (Lipinski definition) is 2. The van der Waals surface area contributed by atoms with E-state index in [4.69, 9.17) is 14.2 Å². The van der Waals surface area contributed by atoms with Crippen molar-refractivity contribution in [3.05, 3.63) is 84.4 Å². The molecule has 4 aromatic rings. The second-order valence-electron chi connectivity index (χ2n) is 10.3. The molecule has 2 fully saturated rings. The number of para-hydroxylation sites is 1. The summed E-state index contributed by atoms with van der Waals surface area (Å²) in [6, 6.07) is 14.0. The molecule has 2 saturated heterocycles. The van der Waals surface area contributed by atoms with E-state index in [2.05, 4.69) is 15.6 Å². The number of ether oxygens (including phenoxy) is 3. The minimum Gasteiger partial charge on any atom is -0.455 e. The smallest absolute Gasteiger partial charge is 0.251 e. The van der Waals surface area contributed by atoms with Crippen LogP contribution >= 0.6 is 11.8 Å². The standard InChI is InChI=1S/C30H27N5O6S/c36-27(16-33-28(37)20-5-6-26-24(12-20)41-23-3-1-2-4-25(23)42-26)35-18-30(39-9-10-40-30)13-22(35)29(38)32-14-19-11-21-15-31-7-8-34(21)17-19/h1-8,11-12,15,17,22H,9-10,13-14,16,18H2,(H,32,38)(H,33,37)/t22-/m0/s1. The van der Waals surface area contributed by atoms with Gasteiger partial charge in [-0.2, -0.15) is 0 Å². The molecule has 214 valence electrons. The fraction of sp³-hybridized carbons (Fsp3) is 0.267. The first-order valence-electron chi connectivity index (χ1n) is 13.6. The molecule has 3 aliphatic heterocycles. The molecule has 12 heteroatoms. The molecule has 0 radical (unpaired) electrons. The van der Waals surface area contributed by atoms with E-state index in [0.29, 0.717) is 24.5 Å². The van der Waals surface area contributed by atoms with Crippen molar-refractivity contribution in [2.75, 3.05) is 26.3 Å². The van der Waals surface area contributed by atoms with E-state index >= 15 is 0 Å². The van der Waals surface area contributed by atoms with E-state index in [1.807, 2.05) is 53.2 Å². The van der Waals surface area contributed by atoms with Gasteiger partial charge in [0, 0.05) is 37.1 Å². The number of carbonyl (C=O) groups excluding carboxylic acids is 3. The van der Waals surface area contributed by atoms with Crippen LogP contribution in [0.3, 0.4) is 0 Å². The monoisotopic (exact) mass is 585 g/mol. The van der Waals surface area contributed by atoms with Crippen LogP contribution in [0.15, 0.2) is 83.1 Å². The van der Waals surface area contributed by atoms with Crippen LogP contribution in [-0.4, -0.2) is 70.1 Å². The number of fused-ring (bicyclic) bond motifs is 3. The van der Waals surface area contributed by atoms with E-state index in [1.54, 1.807) is 36.3 Å². The summed E-state index contributed by atoms with van der Waals surface area (Å²) in [5, 5.41) is 5.64. The van der Waals surface area contributed by atoms with Gasteiger partial charge in [-0.05, 0) is 42.0 Å². The number of nitrogens with one attached hydrogen (secondary N) is 2. The largest absolute Gasteiger partial charge is 0.455 e. The first-order chi connectivity index (χ1) is 20.5. The number of hydrogen-bond acceptors (Lipinski definition) is 8. The van der Waals surface area contributed by atoms with Gasteiger partial charge in [-0.25, -0.2) is 0 Å². The fourth-order valence-electron chi connectivity index (χ4n) is 5.49. The Labute approximate surface area is 245 Å². The normalized spacial score (nSPS) is 18.4. The molecule has 7 rings (SSSR count). The van der Waals surface area contributed by atoms with Gasteiger partial charge in [0.25, 0.3) is 5.91 Å². The van der Waals surface area contributed by atoms with Crippen molar-refractivity contribution in [3.63, 3.8) is 0 Å². The minimum atomic E-state index is -1.03. The molecule has 0 unspecified atom stereocenters. The zero-order valence-electron chi connectivity index (χ0n) is 22.4. The lowest BCUT2D eigenvalue weighted by atomic mass is 10.1. The summed E-state index contributed by atoms with van der Waals surface area (Å²) < 4.78 is 19.6. The van der Waals surface area contributed by atoms with Crippen molar-refractivity contribution < 1.29 is 28.6 Å². The summed E-state index contributed by atoms with van der Waals surface area (Å²) in [7, 11) is 0. The average Bonchev–Trinajstić information content (AvgIpc) is 3.75. The maximum absolute atomic E-state index is 13.4. The Morgan fingerprint density at radius 3 is 2.71 bits per heavy atom. The fourth-order valence-corrected chi connectivity index (χ4v) is 6.42. The molecule has 0 aliphatic carbocycles. The molecule has 5 heterocycles. The summed E-state index contributed by atoms with van der Waals surface area (Å²) in [5.74, 6) is -0.852. The van der Waals surface area contributed by atoms with Crippen LogP contribution in [-0.2, 0) is 25.6 Å². The lowest BCUT2D eigenvalue weighted by molar-refractivity contribution is -0.152. The van der Waals surface area contributed by atoms with Gasteiger partial charge < -0.3 is 34.1 Å². The molecule has 0 saturated carbocycles. The Hall–Kier alpha value is -4.39. The first-order valence-corrected chi connectivity index (χ1v) is 14.4. The number of nitrogens with zero attached hydrogens (tertiary/aromatic N) is 3. The maximum Gasteiger partial charge on any atom is 0.251 e. The summed E-state index contributed by atoms with van der Waals surface area (Å²) in [6.45, 7) is 0.883. The average molecular weight is 586 g/mol. The molecular formula is C30H27N5O6S. The van der Waals surface area contributed by atoms with E-state index in [1.165, 1.54) is 4.90 Å². The Morgan fingerprint density at radius 2 is 1.86 bits per heavy atom. The van der Waals surface area contributed by atoms with Gasteiger partial charge in [-0.1, -0.05) is 23.9 Å². The van der Waals surface area contributed by atoms with Crippen molar-refractivity contribution in [2.45, 2.75) is 34.6 Å². The first kappa shape index (κ1) is 26.5. The topological polar surface area (TPSA) is 124 Å². The lowest BCUT2D eigenvalue weighted by Gasteiger charge is -2.24. The molecule has 11 nitrogen and oxygen atoms in total. The molecule has 1 spiro atoms. The second kappa shape index (κ2) is 10.8. The molecular weight excluding hydrogens is 558 g/mol. The highest BCUT2D eigenvalue weighted by Gasteiger charge is 2.52. The van der Waals surface area contributed by atoms with Crippen molar-refractivity contribution >= 4 is 35.0 Å². The molecule has 2 aromatic carbocycles. The van der Waals surface area contributed by atoms with Crippen LogP contribution in [0, 0.1) is 0 Å². The van der Waals surface area contributed by atoms with E-state index in [-0.39, 0.29) is 32.0 Å². The van der Waals surface area contributed by atoms with Crippen molar-refractivity contribution in [3.8, 4) is 11.5 Å². The van der Waals surface area contributed by atoms with Crippen LogP contribution in [0.5, 0.6) is 11.5 Å². The summed E-state index contributed by atoms with van der Waals surface area (Å²) in [4.78, 5) is 47.2. The number of rotatable bonds is 6. The number of likely N-dealkylation sites (tertiary alicyclic amines) is 1. The van der Waals surface area contributed by atoms with Gasteiger partial charge in [0.05, 0.1) is 47.8 Å². The van der Waals surface area contributed by atoms with Gasteiger partial charge in [0.15, 0.2) is 5.79 Å². The predicted octanol–water partition coefficient (Wildman–Crippen LogP) is 2.98. The number of carbonyl (C=O) groups is 3. The van der Waals surface area contributed by atoms with Crippen LogP contribution in [0.1, 0.15) is 22.3 Å². The van der Waals surface area contributed by atoms with Crippen LogP contribution in [0.25, 0.3) is 5.52 Å². The Morgan fingerprint density at radius 1 is 1.02 bits per heavy atom. The maximum atomic E-state index is 13.4. The molecule has 3 amide bonds. The van der Waals surface area contributed by atoms with Crippen LogP contribution in [0.4, 0.5) is 0 Å². The molecule has 3 aliphatic rings. The molecule has 0 bridgehead atoms. The third-order valence-corrected chi connectivity index (χ3v) is 8.66. The number of benzene rings is 2. The number of aromatic nitrogens is 2. The van der Waals surface area contributed by atoms with Crippen LogP contribution in [0.2, 0.25) is 0 Å². The molecule has 42 heavy (non-hydrogen) atoms. The lowest BCUT2D eigenvalue weighted by Crippen LogP contribution is -2.49. The third kappa shape index (κ3) is 5.08. The highest BCUT2D eigenvalue weighted by atomic mass is 32.2. The zero-order chi connectivity index (χ0) is 28.7. The second-order valence-corrected chi connectivity index (χ2v) is 11.4. The van der Waals surface area contributed by atoms with Gasteiger partial charge in [0.1, 0.15) is 17.5 Å². The minimum absolute atomic E-state index is 0.102. The third-order valence-electron chi connectivity index (χ3n) is 7.55. The van der Waals surface area contributed by atoms with Gasteiger partial charge >= 0.3 is 0 Å². The van der Waals surface area contributed by atoms with Gasteiger partial charge in [0.2, 0.25) is 11.8 Å². The van der Waals surface area contributed by atoms with E-state index in [0.717, 1.165) is 26.6 Å². The van der Waals surface area contributed by atoms with E-state index in [9.17, 15) is 14.4 Å². The van der Waals surface area contributed by atoms with Crippen molar-refractivity contribution in [1.82, 2.24) is 24.9 Å². The van der Waals surface area contributed by atoms with Gasteiger partial charge in [-0.3, -0.25) is 19.4 Å². The van der Waals surface area contributed by atoms with Crippen molar-refractivity contribution in [2.24, 2.45) is 0 Å². The Bertz CT molecular complexity index is 1670. The Kier molecular flexibility index (Phi) is 6.81. The number of amides is 3. The quantitative estimate of drug-likeness (QED) is 0.312. The SMILES string of the molecule is O=C(NCC(=O)N1CC2(C[C@H]1C(=O)NCc1cc3cnccn3c1)OCCO2)c1ccc2c(c1)Oc1ccccc1S2. The Balaban J connectivity index is 1.01. The summed E-state index contributed by atoms with van der Waals surface area (Å²) in [5.41, 5.74) is 2.18. The predicted molar refractivity (Wildman–Crippen MR) is 151 cm³/mol. The highest BCUT2D eigenvalue weighted by Crippen LogP contribution is 2.47. The highest BCUT2D eigenvalue weighted by molar-refractivity contribution is 7.99. The molecule has 2 N–H and O–H groups in total. The molecule has 2 aromatic heterocycles. The summed E-state index contributed by atoms with van der Waals surface area (Å²) >= 11 is 1.57. The van der Waals surface area contributed by atoms with Gasteiger partial charge in [-0.15, -0.1) is 0 Å².